The SMILES string of the molecule is Cc1cc(C)c(-c2cc(Cl)ccc2CNC2CC2)c(C)c1. The average molecular weight is 300 g/mol. The summed E-state index contributed by atoms with van der Waals surface area (Å²) in [5.74, 6) is 0. The molecule has 0 heterocycles. The molecule has 0 atom stereocenters. The van der Waals surface area contributed by atoms with Gasteiger partial charge in [0.25, 0.3) is 0 Å². The highest BCUT2D eigenvalue weighted by Crippen LogP contribution is 2.33. The molecule has 0 bridgehead atoms. The number of halogens is 1. The van der Waals surface area contributed by atoms with E-state index in [9.17, 15) is 0 Å². The van der Waals surface area contributed by atoms with E-state index < -0.39 is 0 Å². The van der Waals surface area contributed by atoms with E-state index in [1.165, 1.54) is 46.2 Å². The van der Waals surface area contributed by atoms with E-state index in [2.05, 4.69) is 50.4 Å². The summed E-state index contributed by atoms with van der Waals surface area (Å²) >= 11 is 6.26. The smallest absolute Gasteiger partial charge is 0.0412 e. The van der Waals surface area contributed by atoms with Gasteiger partial charge in [-0.2, -0.15) is 0 Å². The molecule has 0 aromatic heterocycles. The van der Waals surface area contributed by atoms with Crippen molar-refractivity contribution in [1.29, 1.82) is 0 Å². The highest BCUT2D eigenvalue weighted by molar-refractivity contribution is 6.30. The Morgan fingerprint density at radius 1 is 1.05 bits per heavy atom. The van der Waals surface area contributed by atoms with Gasteiger partial charge in [0.05, 0.1) is 0 Å². The Kier molecular flexibility index (Phi) is 4.05. The second kappa shape index (κ2) is 5.82. The second-order valence-corrected chi connectivity index (χ2v) is 6.67. The van der Waals surface area contributed by atoms with Crippen LogP contribution in [0.15, 0.2) is 30.3 Å². The minimum atomic E-state index is 0.716. The fraction of sp³-hybridized carbons (Fsp3) is 0.368. The second-order valence-electron chi connectivity index (χ2n) is 6.23. The molecular weight excluding hydrogens is 278 g/mol. The molecular formula is C19H22ClN. The van der Waals surface area contributed by atoms with Crippen molar-refractivity contribution in [2.45, 2.75) is 46.2 Å². The number of rotatable bonds is 4. The molecule has 2 aromatic rings. The summed E-state index contributed by atoms with van der Waals surface area (Å²) < 4.78 is 0. The third-order valence-corrected chi connectivity index (χ3v) is 4.41. The maximum Gasteiger partial charge on any atom is 0.0412 e. The molecule has 3 rings (SSSR count). The lowest BCUT2D eigenvalue weighted by Crippen LogP contribution is -2.16. The van der Waals surface area contributed by atoms with Crippen LogP contribution in [0.4, 0.5) is 0 Å². The Bertz CT molecular complexity index is 648. The zero-order valence-electron chi connectivity index (χ0n) is 13.0. The van der Waals surface area contributed by atoms with Gasteiger partial charge in [0, 0.05) is 17.6 Å². The number of nitrogens with one attached hydrogen (secondary N) is 1. The Morgan fingerprint density at radius 2 is 1.71 bits per heavy atom. The molecule has 0 radical (unpaired) electrons. The lowest BCUT2D eigenvalue weighted by atomic mass is 9.91. The zero-order valence-corrected chi connectivity index (χ0v) is 13.7. The minimum Gasteiger partial charge on any atom is -0.310 e. The predicted octanol–water partition coefficient (Wildman–Crippen LogP) is 5.18. The minimum absolute atomic E-state index is 0.716. The van der Waals surface area contributed by atoms with Crippen molar-refractivity contribution in [3.63, 3.8) is 0 Å². The third-order valence-electron chi connectivity index (χ3n) is 4.18. The van der Waals surface area contributed by atoms with Crippen molar-refractivity contribution in [2.75, 3.05) is 0 Å². The van der Waals surface area contributed by atoms with Gasteiger partial charge in [0.1, 0.15) is 0 Å². The van der Waals surface area contributed by atoms with Crippen molar-refractivity contribution in [2.24, 2.45) is 0 Å². The lowest BCUT2D eigenvalue weighted by Gasteiger charge is -2.16. The Balaban J connectivity index is 2.05. The van der Waals surface area contributed by atoms with Crippen LogP contribution in [-0.2, 0) is 6.54 Å². The number of hydrogen-bond acceptors (Lipinski definition) is 1. The van der Waals surface area contributed by atoms with Crippen molar-refractivity contribution in [3.8, 4) is 11.1 Å². The van der Waals surface area contributed by atoms with Crippen LogP contribution in [0.25, 0.3) is 11.1 Å². The maximum absolute atomic E-state index is 6.26. The normalized spacial score (nSPS) is 14.5. The lowest BCUT2D eigenvalue weighted by molar-refractivity contribution is 0.688. The predicted molar refractivity (Wildman–Crippen MR) is 91.0 cm³/mol. The van der Waals surface area contributed by atoms with Gasteiger partial charge in [-0.05, 0) is 73.6 Å². The molecule has 1 nitrogen and oxygen atoms in total. The van der Waals surface area contributed by atoms with Crippen LogP contribution in [0.3, 0.4) is 0 Å². The molecule has 21 heavy (non-hydrogen) atoms. The molecule has 1 aliphatic rings. The van der Waals surface area contributed by atoms with Gasteiger partial charge >= 0.3 is 0 Å². The Labute approximate surface area is 132 Å². The van der Waals surface area contributed by atoms with Gasteiger partial charge in [0.2, 0.25) is 0 Å². The van der Waals surface area contributed by atoms with Gasteiger partial charge in [-0.25, -0.2) is 0 Å². The molecule has 0 saturated heterocycles. The fourth-order valence-corrected chi connectivity index (χ4v) is 3.25. The standard InChI is InChI=1S/C19H22ClN/c1-12-8-13(2)19(14(3)9-12)18-10-16(20)5-4-15(18)11-21-17-6-7-17/h4-5,8-10,17,21H,6-7,11H2,1-3H3. The van der Waals surface area contributed by atoms with Crippen LogP contribution < -0.4 is 5.32 Å². The fourth-order valence-electron chi connectivity index (χ4n) is 3.08. The summed E-state index contributed by atoms with van der Waals surface area (Å²) in [6.45, 7) is 7.45. The zero-order chi connectivity index (χ0) is 15.0. The highest BCUT2D eigenvalue weighted by Gasteiger charge is 2.21. The van der Waals surface area contributed by atoms with Gasteiger partial charge in [-0.15, -0.1) is 0 Å². The number of benzene rings is 2. The van der Waals surface area contributed by atoms with Gasteiger partial charge in [-0.3, -0.25) is 0 Å². The first-order valence-corrected chi connectivity index (χ1v) is 8.02. The maximum atomic E-state index is 6.26. The van der Waals surface area contributed by atoms with Crippen LogP contribution in [0, 0.1) is 20.8 Å². The molecule has 2 heteroatoms. The van der Waals surface area contributed by atoms with E-state index in [4.69, 9.17) is 11.6 Å². The van der Waals surface area contributed by atoms with E-state index >= 15 is 0 Å². The third kappa shape index (κ3) is 3.30. The summed E-state index contributed by atoms with van der Waals surface area (Å²) in [7, 11) is 0. The molecule has 1 saturated carbocycles. The first kappa shape index (κ1) is 14.6. The summed E-state index contributed by atoms with van der Waals surface area (Å²) in [5.41, 5.74) is 7.89. The highest BCUT2D eigenvalue weighted by atomic mass is 35.5. The average Bonchev–Trinajstić information content (AvgIpc) is 3.20. The molecule has 0 unspecified atom stereocenters. The first-order valence-electron chi connectivity index (χ1n) is 7.64. The van der Waals surface area contributed by atoms with Gasteiger partial charge in [0.15, 0.2) is 0 Å². The van der Waals surface area contributed by atoms with E-state index in [0.29, 0.717) is 6.04 Å². The van der Waals surface area contributed by atoms with E-state index in [1.807, 2.05) is 6.07 Å². The first-order chi connectivity index (χ1) is 10.0. The van der Waals surface area contributed by atoms with Crippen LogP contribution in [0.5, 0.6) is 0 Å². The van der Waals surface area contributed by atoms with Crippen molar-refractivity contribution in [3.05, 3.63) is 57.6 Å². The number of aryl methyl sites for hydroxylation is 3. The molecule has 110 valence electrons. The van der Waals surface area contributed by atoms with Gasteiger partial charge in [-0.1, -0.05) is 35.4 Å². The molecule has 0 amide bonds. The molecule has 1 N–H and O–H groups in total. The molecule has 1 aliphatic carbocycles. The van der Waals surface area contributed by atoms with Crippen LogP contribution in [-0.4, -0.2) is 6.04 Å². The van der Waals surface area contributed by atoms with E-state index in [-0.39, 0.29) is 0 Å². The molecule has 0 aliphatic heterocycles. The van der Waals surface area contributed by atoms with E-state index in [1.54, 1.807) is 0 Å². The van der Waals surface area contributed by atoms with Crippen LogP contribution in [0.1, 0.15) is 35.1 Å². The number of hydrogen-bond donors (Lipinski definition) is 1. The van der Waals surface area contributed by atoms with Crippen LogP contribution in [0.2, 0.25) is 5.02 Å². The Hall–Kier alpha value is -1.31. The molecule has 1 fully saturated rings. The molecule has 2 aromatic carbocycles. The topological polar surface area (TPSA) is 12.0 Å². The Morgan fingerprint density at radius 3 is 2.33 bits per heavy atom. The van der Waals surface area contributed by atoms with Crippen LogP contribution >= 0.6 is 11.6 Å². The van der Waals surface area contributed by atoms with E-state index in [0.717, 1.165) is 11.6 Å². The van der Waals surface area contributed by atoms with Crippen molar-refractivity contribution in [1.82, 2.24) is 5.32 Å². The van der Waals surface area contributed by atoms with Gasteiger partial charge < -0.3 is 5.32 Å². The summed E-state index contributed by atoms with van der Waals surface area (Å²) in [4.78, 5) is 0. The quantitative estimate of drug-likeness (QED) is 0.820. The summed E-state index contributed by atoms with van der Waals surface area (Å²) in [5, 5.41) is 4.41. The monoisotopic (exact) mass is 299 g/mol. The summed E-state index contributed by atoms with van der Waals surface area (Å²) in [6, 6.07) is 11.5. The van der Waals surface area contributed by atoms with Crippen molar-refractivity contribution < 1.29 is 0 Å². The largest absolute Gasteiger partial charge is 0.310 e. The van der Waals surface area contributed by atoms with Crippen molar-refractivity contribution >= 4 is 11.6 Å². The summed E-state index contributed by atoms with van der Waals surface area (Å²) in [6.07, 6.45) is 2.62. The molecule has 0 spiro atoms.